The minimum atomic E-state index is -0.250. The zero-order valence-corrected chi connectivity index (χ0v) is 15.9. The van der Waals surface area contributed by atoms with Crippen molar-refractivity contribution < 1.29 is 13.9 Å². The van der Waals surface area contributed by atoms with Crippen molar-refractivity contribution in [2.24, 2.45) is 0 Å². The number of benzene rings is 2. The molecule has 2 aromatic rings. The second-order valence-corrected chi connectivity index (χ2v) is 6.84. The average molecular weight is 371 g/mol. The number of carbonyl (C=O) groups excluding carboxylic acids is 1. The predicted octanol–water partition coefficient (Wildman–Crippen LogP) is 2.61. The summed E-state index contributed by atoms with van der Waals surface area (Å²) in [7, 11) is 3.56. The summed E-state index contributed by atoms with van der Waals surface area (Å²) in [6.07, 6.45) is 0. The molecule has 0 aromatic heterocycles. The molecular formula is C21H26FN3O2. The molecule has 27 heavy (non-hydrogen) atoms. The van der Waals surface area contributed by atoms with Crippen molar-refractivity contribution in [1.82, 2.24) is 9.80 Å². The van der Waals surface area contributed by atoms with Gasteiger partial charge < -0.3 is 14.5 Å². The second-order valence-electron chi connectivity index (χ2n) is 6.84. The number of piperazine rings is 1. The van der Waals surface area contributed by atoms with E-state index in [0.717, 1.165) is 30.1 Å². The van der Waals surface area contributed by atoms with Crippen LogP contribution in [0, 0.1) is 5.82 Å². The molecule has 1 heterocycles. The Kier molecular flexibility index (Phi) is 6.29. The maximum Gasteiger partial charge on any atom is 0.236 e. The summed E-state index contributed by atoms with van der Waals surface area (Å²) in [5, 5.41) is 0. The van der Waals surface area contributed by atoms with Crippen LogP contribution in [0.5, 0.6) is 5.75 Å². The normalized spacial score (nSPS) is 14.5. The summed E-state index contributed by atoms with van der Waals surface area (Å²) >= 11 is 0. The van der Waals surface area contributed by atoms with Crippen molar-refractivity contribution in [2.45, 2.75) is 6.54 Å². The van der Waals surface area contributed by atoms with Crippen molar-refractivity contribution >= 4 is 11.6 Å². The number of carbonyl (C=O) groups is 1. The van der Waals surface area contributed by atoms with E-state index in [0.29, 0.717) is 26.2 Å². The van der Waals surface area contributed by atoms with E-state index in [2.05, 4.69) is 4.90 Å². The largest absolute Gasteiger partial charge is 0.495 e. The number of ether oxygens (including phenoxy) is 1. The summed E-state index contributed by atoms with van der Waals surface area (Å²) in [6.45, 7) is 3.80. The number of anilines is 1. The molecule has 1 amide bonds. The number of nitrogens with zero attached hydrogens (tertiary/aromatic N) is 3. The van der Waals surface area contributed by atoms with Gasteiger partial charge >= 0.3 is 0 Å². The first-order chi connectivity index (χ1) is 13.1. The van der Waals surface area contributed by atoms with Gasteiger partial charge in [-0.05, 0) is 36.9 Å². The molecule has 0 N–H and O–H groups in total. The van der Waals surface area contributed by atoms with Crippen LogP contribution in [0.3, 0.4) is 0 Å². The highest BCUT2D eigenvalue weighted by Crippen LogP contribution is 2.28. The lowest BCUT2D eigenvalue weighted by Crippen LogP contribution is -2.51. The first kappa shape index (κ1) is 19.2. The SMILES string of the molecule is COc1ccccc1N1CCN(C(=O)CN(C)Cc2cccc(F)c2)CC1. The average Bonchev–Trinajstić information content (AvgIpc) is 2.68. The van der Waals surface area contributed by atoms with Gasteiger partial charge in [-0.25, -0.2) is 4.39 Å². The molecule has 0 radical (unpaired) electrons. The third kappa shape index (κ3) is 4.98. The van der Waals surface area contributed by atoms with Gasteiger partial charge in [0.15, 0.2) is 0 Å². The Morgan fingerprint density at radius 2 is 1.85 bits per heavy atom. The topological polar surface area (TPSA) is 36.0 Å². The van der Waals surface area contributed by atoms with E-state index in [1.807, 2.05) is 47.2 Å². The second kappa shape index (κ2) is 8.86. The van der Waals surface area contributed by atoms with Gasteiger partial charge in [0.2, 0.25) is 5.91 Å². The first-order valence-corrected chi connectivity index (χ1v) is 9.15. The lowest BCUT2D eigenvalue weighted by Gasteiger charge is -2.37. The Morgan fingerprint density at radius 1 is 1.11 bits per heavy atom. The summed E-state index contributed by atoms with van der Waals surface area (Å²) in [5.74, 6) is 0.709. The molecule has 0 atom stereocenters. The molecular weight excluding hydrogens is 345 g/mol. The van der Waals surface area contributed by atoms with Gasteiger partial charge in [-0.3, -0.25) is 9.69 Å². The van der Waals surface area contributed by atoms with E-state index in [-0.39, 0.29) is 11.7 Å². The Bertz CT molecular complexity index is 776. The molecule has 144 valence electrons. The molecule has 5 nitrogen and oxygen atoms in total. The van der Waals surface area contributed by atoms with Crippen LogP contribution in [0.15, 0.2) is 48.5 Å². The Hall–Kier alpha value is -2.60. The number of hydrogen-bond donors (Lipinski definition) is 0. The van der Waals surface area contributed by atoms with Crippen LogP contribution in [-0.2, 0) is 11.3 Å². The summed E-state index contributed by atoms with van der Waals surface area (Å²) in [5.41, 5.74) is 1.93. The number of halogens is 1. The van der Waals surface area contributed by atoms with Gasteiger partial charge in [0, 0.05) is 32.7 Å². The maximum absolute atomic E-state index is 13.3. The highest BCUT2D eigenvalue weighted by atomic mass is 19.1. The fraction of sp³-hybridized carbons (Fsp3) is 0.381. The minimum absolute atomic E-state index is 0.105. The van der Waals surface area contributed by atoms with Gasteiger partial charge in [-0.2, -0.15) is 0 Å². The smallest absolute Gasteiger partial charge is 0.236 e. The monoisotopic (exact) mass is 371 g/mol. The van der Waals surface area contributed by atoms with Gasteiger partial charge in [0.25, 0.3) is 0 Å². The van der Waals surface area contributed by atoms with E-state index >= 15 is 0 Å². The van der Waals surface area contributed by atoms with Gasteiger partial charge in [0.1, 0.15) is 11.6 Å². The molecule has 1 aliphatic rings. The van der Waals surface area contributed by atoms with Crippen molar-refractivity contribution in [3.63, 3.8) is 0 Å². The molecule has 0 unspecified atom stereocenters. The fourth-order valence-corrected chi connectivity index (χ4v) is 3.42. The maximum atomic E-state index is 13.3. The van der Waals surface area contributed by atoms with Crippen molar-refractivity contribution in [3.8, 4) is 5.75 Å². The van der Waals surface area contributed by atoms with E-state index in [9.17, 15) is 9.18 Å². The number of amides is 1. The molecule has 3 rings (SSSR count). The lowest BCUT2D eigenvalue weighted by molar-refractivity contribution is -0.132. The van der Waals surface area contributed by atoms with Crippen LogP contribution in [0.25, 0.3) is 0 Å². The van der Waals surface area contributed by atoms with Crippen LogP contribution in [-0.4, -0.2) is 62.6 Å². The molecule has 0 aliphatic carbocycles. The number of rotatable bonds is 6. The molecule has 0 bridgehead atoms. The number of hydrogen-bond acceptors (Lipinski definition) is 4. The van der Waals surface area contributed by atoms with Crippen LogP contribution in [0.2, 0.25) is 0 Å². The molecule has 0 spiro atoms. The zero-order chi connectivity index (χ0) is 19.2. The Balaban J connectivity index is 1.51. The van der Waals surface area contributed by atoms with E-state index in [1.165, 1.54) is 12.1 Å². The molecule has 1 aliphatic heterocycles. The Labute approximate surface area is 159 Å². The molecule has 1 fully saturated rings. The van der Waals surface area contributed by atoms with Crippen LogP contribution >= 0.6 is 0 Å². The first-order valence-electron chi connectivity index (χ1n) is 9.15. The summed E-state index contributed by atoms with van der Waals surface area (Å²) < 4.78 is 18.7. The van der Waals surface area contributed by atoms with Crippen molar-refractivity contribution in [1.29, 1.82) is 0 Å². The highest BCUT2D eigenvalue weighted by Gasteiger charge is 2.23. The fourth-order valence-electron chi connectivity index (χ4n) is 3.42. The molecule has 6 heteroatoms. The number of likely N-dealkylation sites (N-methyl/N-ethyl adjacent to an activating group) is 1. The van der Waals surface area contributed by atoms with Crippen molar-refractivity contribution in [2.75, 3.05) is 51.8 Å². The third-order valence-corrected chi connectivity index (χ3v) is 4.80. The van der Waals surface area contributed by atoms with Crippen LogP contribution < -0.4 is 9.64 Å². The van der Waals surface area contributed by atoms with Crippen molar-refractivity contribution in [3.05, 3.63) is 59.9 Å². The number of para-hydroxylation sites is 2. The van der Waals surface area contributed by atoms with Crippen LogP contribution in [0.4, 0.5) is 10.1 Å². The van der Waals surface area contributed by atoms with E-state index in [4.69, 9.17) is 4.74 Å². The van der Waals surface area contributed by atoms with Gasteiger partial charge in [-0.15, -0.1) is 0 Å². The quantitative estimate of drug-likeness (QED) is 0.782. The molecule has 0 saturated carbocycles. The lowest BCUT2D eigenvalue weighted by atomic mass is 10.2. The standard InChI is InChI=1S/C21H26FN3O2/c1-23(15-17-6-5-7-18(22)14-17)16-21(26)25-12-10-24(11-13-25)19-8-3-4-9-20(19)27-2/h3-9,14H,10-13,15-16H2,1-2H3. The predicted molar refractivity (Wildman–Crippen MR) is 105 cm³/mol. The Morgan fingerprint density at radius 3 is 2.56 bits per heavy atom. The van der Waals surface area contributed by atoms with Gasteiger partial charge in [0.05, 0.1) is 19.3 Å². The zero-order valence-electron chi connectivity index (χ0n) is 15.9. The number of methoxy groups -OCH3 is 1. The summed E-state index contributed by atoms with van der Waals surface area (Å²) in [6, 6.07) is 14.4. The molecule has 1 saturated heterocycles. The van der Waals surface area contributed by atoms with E-state index < -0.39 is 0 Å². The summed E-state index contributed by atoms with van der Waals surface area (Å²) in [4.78, 5) is 18.7. The third-order valence-electron chi connectivity index (χ3n) is 4.80. The van der Waals surface area contributed by atoms with Crippen LogP contribution in [0.1, 0.15) is 5.56 Å². The van der Waals surface area contributed by atoms with Gasteiger partial charge in [-0.1, -0.05) is 24.3 Å². The minimum Gasteiger partial charge on any atom is -0.495 e. The molecule has 2 aromatic carbocycles. The highest BCUT2D eigenvalue weighted by molar-refractivity contribution is 5.78. The van der Waals surface area contributed by atoms with E-state index in [1.54, 1.807) is 13.2 Å².